The lowest BCUT2D eigenvalue weighted by molar-refractivity contribution is -0.150. The zero-order chi connectivity index (χ0) is 21.9. The normalized spacial score (nSPS) is 15.7. The number of amides is 2. The third-order valence-electron chi connectivity index (χ3n) is 4.94. The second-order valence-electron chi connectivity index (χ2n) is 7.30. The van der Waals surface area contributed by atoms with Gasteiger partial charge < -0.3 is 15.4 Å². The van der Waals surface area contributed by atoms with Crippen LogP contribution in [0.25, 0.3) is 0 Å². The van der Waals surface area contributed by atoms with Gasteiger partial charge in [-0.05, 0) is 49.5 Å². The smallest absolute Gasteiger partial charge is 0.329 e. The molecule has 1 unspecified atom stereocenters. The summed E-state index contributed by atoms with van der Waals surface area (Å²) in [6.07, 6.45) is 8.76. The summed E-state index contributed by atoms with van der Waals surface area (Å²) < 4.78 is 5.19. The van der Waals surface area contributed by atoms with Crippen molar-refractivity contribution in [2.75, 3.05) is 18.6 Å². The molecule has 1 atom stereocenters. The van der Waals surface area contributed by atoms with Crippen molar-refractivity contribution in [3.63, 3.8) is 0 Å². The summed E-state index contributed by atoms with van der Waals surface area (Å²) in [6.45, 7) is -0.358. The number of hydrogen-bond acceptors (Lipinski definition) is 5. The van der Waals surface area contributed by atoms with E-state index in [1.54, 1.807) is 17.8 Å². The maximum Gasteiger partial charge on any atom is 0.329 e. The summed E-state index contributed by atoms with van der Waals surface area (Å²) in [4.78, 5) is 37.3. The largest absolute Gasteiger partial charge is 0.454 e. The van der Waals surface area contributed by atoms with E-state index >= 15 is 0 Å². The summed E-state index contributed by atoms with van der Waals surface area (Å²) in [6, 6.07) is 3.78. The first-order valence-corrected chi connectivity index (χ1v) is 12.3. The fourth-order valence-electron chi connectivity index (χ4n) is 3.32. The van der Waals surface area contributed by atoms with Crippen molar-refractivity contribution in [2.24, 2.45) is 0 Å². The number of rotatable bonds is 9. The van der Waals surface area contributed by atoms with Crippen LogP contribution in [0.4, 0.5) is 0 Å². The van der Waals surface area contributed by atoms with Gasteiger partial charge in [0, 0.05) is 11.1 Å². The van der Waals surface area contributed by atoms with Crippen molar-refractivity contribution < 1.29 is 19.1 Å². The van der Waals surface area contributed by atoms with Crippen molar-refractivity contribution in [3.05, 3.63) is 33.8 Å². The van der Waals surface area contributed by atoms with Gasteiger partial charge in [0.1, 0.15) is 6.04 Å². The van der Waals surface area contributed by atoms with E-state index in [1.807, 2.05) is 6.26 Å². The molecule has 2 N–H and O–H groups in total. The minimum atomic E-state index is -0.873. The van der Waals surface area contributed by atoms with Crippen molar-refractivity contribution in [1.29, 1.82) is 0 Å². The molecule has 1 fully saturated rings. The van der Waals surface area contributed by atoms with E-state index in [9.17, 15) is 14.4 Å². The Labute approximate surface area is 191 Å². The van der Waals surface area contributed by atoms with Crippen molar-refractivity contribution >= 4 is 52.7 Å². The van der Waals surface area contributed by atoms with E-state index in [0.29, 0.717) is 17.2 Å². The van der Waals surface area contributed by atoms with Gasteiger partial charge >= 0.3 is 5.97 Å². The number of carbonyl (C=O) groups is 3. The summed E-state index contributed by atoms with van der Waals surface area (Å²) in [5.74, 6) is -0.810. The molecule has 0 aliphatic heterocycles. The first kappa shape index (κ1) is 24.8. The molecular weight excluding hydrogens is 447 g/mol. The van der Waals surface area contributed by atoms with Gasteiger partial charge in [0.15, 0.2) is 6.61 Å². The number of hydrogen-bond donors (Lipinski definition) is 2. The Hall–Kier alpha value is -1.44. The second kappa shape index (κ2) is 13.1. The Morgan fingerprint density at radius 2 is 1.87 bits per heavy atom. The SMILES string of the molecule is CSCCC(NC(=O)c1ccc(Cl)cc1Cl)C(=O)OCC(=O)NC1CCCCCC1. The summed E-state index contributed by atoms with van der Waals surface area (Å²) >= 11 is 13.5. The first-order valence-electron chi connectivity index (χ1n) is 10.1. The van der Waals surface area contributed by atoms with Crippen molar-refractivity contribution in [2.45, 2.75) is 57.0 Å². The van der Waals surface area contributed by atoms with Crippen LogP contribution in [0.5, 0.6) is 0 Å². The topological polar surface area (TPSA) is 84.5 Å². The van der Waals surface area contributed by atoms with Crippen molar-refractivity contribution in [1.82, 2.24) is 10.6 Å². The van der Waals surface area contributed by atoms with Crippen LogP contribution in [0.2, 0.25) is 10.0 Å². The summed E-state index contributed by atoms with van der Waals surface area (Å²) in [5.41, 5.74) is 0.217. The summed E-state index contributed by atoms with van der Waals surface area (Å²) in [7, 11) is 0. The number of halogens is 2. The Bertz CT molecular complexity index is 740. The Kier molecular flexibility index (Phi) is 10.8. The van der Waals surface area contributed by atoms with Gasteiger partial charge in [-0.15, -0.1) is 0 Å². The van der Waals surface area contributed by atoms with E-state index in [2.05, 4.69) is 10.6 Å². The van der Waals surface area contributed by atoms with E-state index in [1.165, 1.54) is 25.0 Å². The van der Waals surface area contributed by atoms with Crippen LogP contribution < -0.4 is 10.6 Å². The van der Waals surface area contributed by atoms with Crippen LogP contribution in [-0.4, -0.2) is 48.5 Å². The molecule has 0 heterocycles. The first-order chi connectivity index (χ1) is 14.4. The minimum Gasteiger partial charge on any atom is -0.454 e. The number of benzene rings is 1. The highest BCUT2D eigenvalue weighted by Crippen LogP contribution is 2.21. The molecule has 2 amide bonds. The monoisotopic (exact) mass is 474 g/mol. The van der Waals surface area contributed by atoms with Gasteiger partial charge in [-0.1, -0.05) is 48.9 Å². The number of nitrogens with one attached hydrogen (secondary N) is 2. The molecule has 0 saturated heterocycles. The fourth-order valence-corrected chi connectivity index (χ4v) is 4.29. The fraction of sp³-hybridized carbons (Fsp3) is 0.571. The lowest BCUT2D eigenvalue weighted by atomic mass is 10.1. The molecule has 1 saturated carbocycles. The minimum absolute atomic E-state index is 0.137. The molecule has 9 heteroatoms. The van der Waals surface area contributed by atoms with Crippen LogP contribution in [0.3, 0.4) is 0 Å². The second-order valence-corrected chi connectivity index (χ2v) is 9.12. The van der Waals surface area contributed by atoms with E-state index in [0.717, 1.165) is 25.7 Å². The molecule has 2 rings (SSSR count). The Balaban J connectivity index is 1.90. The maximum absolute atomic E-state index is 12.6. The van der Waals surface area contributed by atoms with E-state index in [4.69, 9.17) is 27.9 Å². The number of esters is 1. The van der Waals surface area contributed by atoms with Crippen LogP contribution >= 0.6 is 35.0 Å². The van der Waals surface area contributed by atoms with Gasteiger partial charge in [0.2, 0.25) is 0 Å². The number of carbonyl (C=O) groups excluding carboxylic acids is 3. The molecule has 0 spiro atoms. The highest BCUT2D eigenvalue weighted by atomic mass is 35.5. The molecule has 1 aliphatic rings. The molecule has 166 valence electrons. The maximum atomic E-state index is 12.6. The molecule has 0 bridgehead atoms. The number of thioether (sulfide) groups is 1. The van der Waals surface area contributed by atoms with Gasteiger partial charge in [0.05, 0.1) is 10.6 Å². The zero-order valence-electron chi connectivity index (χ0n) is 17.0. The Morgan fingerprint density at radius 3 is 2.50 bits per heavy atom. The van der Waals surface area contributed by atoms with E-state index < -0.39 is 17.9 Å². The highest BCUT2D eigenvalue weighted by molar-refractivity contribution is 7.98. The predicted molar refractivity (Wildman–Crippen MR) is 121 cm³/mol. The van der Waals surface area contributed by atoms with Crippen LogP contribution in [-0.2, 0) is 14.3 Å². The quantitative estimate of drug-likeness (QED) is 0.413. The third-order valence-corrected chi connectivity index (χ3v) is 6.13. The van der Waals surface area contributed by atoms with Crippen LogP contribution in [0, 0.1) is 0 Å². The van der Waals surface area contributed by atoms with Crippen LogP contribution in [0.1, 0.15) is 55.3 Å². The molecule has 6 nitrogen and oxygen atoms in total. The molecule has 30 heavy (non-hydrogen) atoms. The average Bonchev–Trinajstić information content (AvgIpc) is 2.97. The molecule has 1 aromatic rings. The lowest BCUT2D eigenvalue weighted by Crippen LogP contribution is -2.44. The average molecular weight is 475 g/mol. The molecule has 0 radical (unpaired) electrons. The molecule has 0 aromatic heterocycles. The van der Waals surface area contributed by atoms with Crippen LogP contribution in [0.15, 0.2) is 18.2 Å². The van der Waals surface area contributed by atoms with Gasteiger partial charge in [0.25, 0.3) is 11.8 Å². The van der Waals surface area contributed by atoms with Crippen molar-refractivity contribution in [3.8, 4) is 0 Å². The Morgan fingerprint density at radius 1 is 1.17 bits per heavy atom. The van der Waals surface area contributed by atoms with Gasteiger partial charge in [-0.2, -0.15) is 11.8 Å². The zero-order valence-corrected chi connectivity index (χ0v) is 19.4. The molecule has 1 aliphatic carbocycles. The number of ether oxygens (including phenoxy) is 1. The lowest BCUT2D eigenvalue weighted by Gasteiger charge is -2.19. The molecule has 1 aromatic carbocycles. The molecular formula is C21H28Cl2N2O4S. The van der Waals surface area contributed by atoms with E-state index in [-0.39, 0.29) is 29.1 Å². The predicted octanol–water partition coefficient (Wildman–Crippen LogP) is 4.23. The summed E-state index contributed by atoms with van der Waals surface area (Å²) in [5, 5.41) is 6.20. The standard InChI is InChI=1S/C21H28Cl2N2O4S/c1-30-11-10-18(25-20(27)16-9-8-14(22)12-17(16)23)21(28)29-13-19(26)24-15-6-4-2-3-5-7-15/h8-9,12,15,18H,2-7,10-11,13H2,1H3,(H,24,26)(H,25,27). The van der Waals surface area contributed by atoms with Gasteiger partial charge in [-0.3, -0.25) is 9.59 Å². The highest BCUT2D eigenvalue weighted by Gasteiger charge is 2.25. The third kappa shape index (κ3) is 8.36. The van der Waals surface area contributed by atoms with Gasteiger partial charge in [-0.25, -0.2) is 4.79 Å².